The topological polar surface area (TPSA) is 32.3 Å². The molecule has 1 aromatic carbocycles. The van der Waals surface area contributed by atoms with Crippen LogP contribution in [0.2, 0.25) is 0 Å². The Labute approximate surface area is 185 Å². The third-order valence-electron chi connectivity index (χ3n) is 5.47. The number of unbranched alkanes of at least 4 members (excludes halogenated alkanes) is 2. The van der Waals surface area contributed by atoms with E-state index in [9.17, 15) is 4.79 Å². The quantitative estimate of drug-likeness (QED) is 0.280. The molecular weight excluding hydrogens is 368 g/mol. The van der Waals surface area contributed by atoms with Crippen LogP contribution < -0.4 is 5.32 Å². The average Bonchev–Trinajstić information content (AvgIpc) is 2.73. The number of allylic oxidation sites excluding steroid dienone is 2. The molecule has 1 rings (SSSR count). The lowest BCUT2D eigenvalue weighted by Crippen LogP contribution is -2.25. The SMILES string of the molecule is C=C(Cc1ccc(CNC(=O)CCCC/C=C/C(C)C)cc1CC)CN(CC)CC. The summed E-state index contributed by atoms with van der Waals surface area (Å²) in [6, 6.07) is 6.61. The normalized spacial score (nSPS) is 11.6. The zero-order valence-electron chi connectivity index (χ0n) is 20.1. The summed E-state index contributed by atoms with van der Waals surface area (Å²) in [4.78, 5) is 14.5. The predicted molar refractivity (Wildman–Crippen MR) is 131 cm³/mol. The highest BCUT2D eigenvalue weighted by Gasteiger charge is 2.08. The molecule has 3 heteroatoms. The molecule has 0 radical (unpaired) electrons. The first-order chi connectivity index (χ1) is 14.4. The van der Waals surface area contributed by atoms with Gasteiger partial charge < -0.3 is 5.32 Å². The minimum atomic E-state index is 0.151. The monoisotopic (exact) mass is 412 g/mol. The van der Waals surface area contributed by atoms with Crippen molar-refractivity contribution in [3.63, 3.8) is 0 Å². The van der Waals surface area contributed by atoms with E-state index in [0.29, 0.717) is 18.9 Å². The highest BCUT2D eigenvalue weighted by Crippen LogP contribution is 2.17. The first-order valence-corrected chi connectivity index (χ1v) is 11.8. The van der Waals surface area contributed by atoms with Crippen molar-refractivity contribution in [2.45, 2.75) is 79.7 Å². The molecule has 1 N–H and O–H groups in total. The highest BCUT2D eigenvalue weighted by atomic mass is 16.1. The summed E-state index contributed by atoms with van der Waals surface area (Å²) in [5, 5.41) is 3.08. The van der Waals surface area contributed by atoms with E-state index >= 15 is 0 Å². The van der Waals surface area contributed by atoms with E-state index < -0.39 is 0 Å². The van der Waals surface area contributed by atoms with E-state index in [1.807, 2.05) is 0 Å². The van der Waals surface area contributed by atoms with Crippen molar-refractivity contribution in [2.75, 3.05) is 19.6 Å². The van der Waals surface area contributed by atoms with Crippen LogP contribution in [0.25, 0.3) is 0 Å². The molecule has 0 heterocycles. The summed E-state index contributed by atoms with van der Waals surface area (Å²) in [7, 11) is 0. The number of nitrogens with one attached hydrogen (secondary N) is 1. The van der Waals surface area contributed by atoms with Gasteiger partial charge in [-0.15, -0.1) is 0 Å². The number of rotatable bonds is 15. The summed E-state index contributed by atoms with van der Waals surface area (Å²) in [5.74, 6) is 0.755. The Balaban J connectivity index is 2.47. The fourth-order valence-electron chi connectivity index (χ4n) is 3.58. The third-order valence-corrected chi connectivity index (χ3v) is 5.47. The first kappa shape index (κ1) is 26.2. The lowest BCUT2D eigenvalue weighted by molar-refractivity contribution is -0.121. The lowest BCUT2D eigenvalue weighted by Gasteiger charge is -2.20. The smallest absolute Gasteiger partial charge is 0.220 e. The van der Waals surface area contributed by atoms with Gasteiger partial charge in [-0.1, -0.05) is 77.1 Å². The van der Waals surface area contributed by atoms with Gasteiger partial charge in [-0.2, -0.15) is 0 Å². The molecule has 168 valence electrons. The van der Waals surface area contributed by atoms with Crippen LogP contribution >= 0.6 is 0 Å². The van der Waals surface area contributed by atoms with Crippen LogP contribution in [0.15, 0.2) is 42.5 Å². The van der Waals surface area contributed by atoms with Crippen LogP contribution in [0.1, 0.15) is 77.0 Å². The zero-order chi connectivity index (χ0) is 22.4. The molecule has 3 nitrogen and oxygen atoms in total. The van der Waals surface area contributed by atoms with Gasteiger partial charge in [-0.05, 0) is 67.8 Å². The van der Waals surface area contributed by atoms with Crippen molar-refractivity contribution in [3.05, 3.63) is 59.2 Å². The van der Waals surface area contributed by atoms with Crippen molar-refractivity contribution in [3.8, 4) is 0 Å². The molecule has 30 heavy (non-hydrogen) atoms. The summed E-state index contributed by atoms with van der Waals surface area (Å²) in [6.45, 7) is 18.9. The molecule has 0 aromatic heterocycles. The molecule has 1 aromatic rings. The predicted octanol–water partition coefficient (Wildman–Crippen LogP) is 6.08. The maximum Gasteiger partial charge on any atom is 0.220 e. The Hall–Kier alpha value is -1.87. The number of aryl methyl sites for hydroxylation is 1. The van der Waals surface area contributed by atoms with Crippen LogP contribution in [0.3, 0.4) is 0 Å². The maximum absolute atomic E-state index is 12.1. The Morgan fingerprint density at radius 3 is 2.50 bits per heavy atom. The van der Waals surface area contributed by atoms with Crippen molar-refractivity contribution >= 4 is 5.91 Å². The van der Waals surface area contributed by atoms with Gasteiger partial charge in [0.05, 0.1) is 0 Å². The minimum Gasteiger partial charge on any atom is -0.352 e. The van der Waals surface area contributed by atoms with E-state index in [4.69, 9.17) is 0 Å². The largest absolute Gasteiger partial charge is 0.352 e. The summed E-state index contributed by atoms with van der Waals surface area (Å²) in [6.07, 6.45) is 10.1. The van der Waals surface area contributed by atoms with E-state index in [1.165, 1.54) is 22.3 Å². The molecule has 0 bridgehead atoms. The number of hydrogen-bond acceptors (Lipinski definition) is 2. The van der Waals surface area contributed by atoms with Gasteiger partial charge in [0.15, 0.2) is 0 Å². The summed E-state index contributed by atoms with van der Waals surface area (Å²) >= 11 is 0. The van der Waals surface area contributed by atoms with Crippen LogP contribution in [-0.4, -0.2) is 30.4 Å². The fourth-order valence-corrected chi connectivity index (χ4v) is 3.58. The molecule has 0 aliphatic carbocycles. The molecule has 0 atom stereocenters. The number of benzene rings is 1. The summed E-state index contributed by atoms with van der Waals surface area (Å²) < 4.78 is 0. The van der Waals surface area contributed by atoms with E-state index in [1.54, 1.807) is 0 Å². The Morgan fingerprint density at radius 2 is 1.87 bits per heavy atom. The molecule has 0 fully saturated rings. The molecule has 0 saturated carbocycles. The van der Waals surface area contributed by atoms with Crippen molar-refractivity contribution in [1.82, 2.24) is 10.2 Å². The number of nitrogens with zero attached hydrogens (tertiary/aromatic N) is 1. The van der Waals surface area contributed by atoms with Crippen LogP contribution in [0.5, 0.6) is 0 Å². The van der Waals surface area contributed by atoms with Crippen molar-refractivity contribution in [2.24, 2.45) is 5.92 Å². The Kier molecular flexibility index (Phi) is 13.1. The third kappa shape index (κ3) is 10.8. The zero-order valence-corrected chi connectivity index (χ0v) is 20.1. The lowest BCUT2D eigenvalue weighted by atomic mass is 9.96. The fraction of sp³-hybridized carbons (Fsp3) is 0.593. The Morgan fingerprint density at radius 1 is 1.13 bits per heavy atom. The molecule has 0 unspecified atom stereocenters. The average molecular weight is 413 g/mol. The van der Waals surface area contributed by atoms with Gasteiger partial charge in [0.25, 0.3) is 0 Å². The molecule has 0 saturated heterocycles. The van der Waals surface area contributed by atoms with Gasteiger partial charge >= 0.3 is 0 Å². The van der Waals surface area contributed by atoms with E-state index in [2.05, 4.69) is 81.8 Å². The number of carbonyl (C=O) groups is 1. The molecule has 0 aliphatic heterocycles. The molecule has 0 spiro atoms. The molecule has 1 amide bonds. The molecular formula is C27H44N2O. The van der Waals surface area contributed by atoms with E-state index in [-0.39, 0.29) is 5.91 Å². The second kappa shape index (κ2) is 15.0. The van der Waals surface area contributed by atoms with Gasteiger partial charge in [0.1, 0.15) is 0 Å². The minimum absolute atomic E-state index is 0.151. The van der Waals surface area contributed by atoms with E-state index in [0.717, 1.165) is 51.7 Å². The summed E-state index contributed by atoms with van der Waals surface area (Å²) in [5.41, 5.74) is 5.16. The number of carbonyl (C=O) groups excluding carboxylic acids is 1. The second-order valence-electron chi connectivity index (χ2n) is 8.54. The van der Waals surface area contributed by atoms with Gasteiger partial charge in [0, 0.05) is 19.5 Å². The van der Waals surface area contributed by atoms with Gasteiger partial charge in [0.2, 0.25) is 5.91 Å². The first-order valence-electron chi connectivity index (χ1n) is 11.8. The molecule has 0 aliphatic rings. The van der Waals surface area contributed by atoms with Crippen molar-refractivity contribution in [1.29, 1.82) is 0 Å². The number of hydrogen-bond donors (Lipinski definition) is 1. The van der Waals surface area contributed by atoms with Gasteiger partial charge in [-0.25, -0.2) is 0 Å². The highest BCUT2D eigenvalue weighted by molar-refractivity contribution is 5.75. The van der Waals surface area contributed by atoms with Gasteiger partial charge in [-0.3, -0.25) is 9.69 Å². The van der Waals surface area contributed by atoms with Crippen LogP contribution in [-0.2, 0) is 24.2 Å². The number of likely N-dealkylation sites (N-methyl/N-ethyl adjacent to an activating group) is 1. The van der Waals surface area contributed by atoms with Crippen molar-refractivity contribution < 1.29 is 4.79 Å². The maximum atomic E-state index is 12.1. The second-order valence-corrected chi connectivity index (χ2v) is 8.54. The Bertz CT molecular complexity index is 671. The van der Waals surface area contributed by atoms with Crippen LogP contribution in [0, 0.1) is 5.92 Å². The van der Waals surface area contributed by atoms with Crippen LogP contribution in [0.4, 0.5) is 0 Å². The number of amides is 1. The standard InChI is InChI=1S/C27H44N2O/c1-7-25-19-24(16-17-26(25)18-23(6)21-29(8-2)9-3)20-28-27(30)15-13-11-10-12-14-22(4)5/h12,14,16-17,19,22H,6-11,13,15,18,20-21H2,1-5H3,(H,28,30)/b14-12+.